The van der Waals surface area contributed by atoms with Crippen LogP contribution in [0, 0.1) is 0 Å². The van der Waals surface area contributed by atoms with Crippen molar-refractivity contribution in [2.24, 2.45) is 0 Å². The molecule has 0 spiro atoms. The highest BCUT2D eigenvalue weighted by Gasteiger charge is 2.33. The molecule has 0 radical (unpaired) electrons. The maximum Gasteiger partial charge on any atom is 0.417 e. The number of benzene rings is 1. The van der Waals surface area contributed by atoms with Gasteiger partial charge in [0.15, 0.2) is 0 Å². The number of hydrogen-bond acceptors (Lipinski definition) is 1. The first kappa shape index (κ1) is 12.3. The van der Waals surface area contributed by atoms with Crippen molar-refractivity contribution in [1.82, 2.24) is 5.32 Å². The maximum absolute atomic E-state index is 12.4. The lowest BCUT2D eigenvalue weighted by Gasteiger charge is -2.12. The largest absolute Gasteiger partial charge is 0.417 e. The van der Waals surface area contributed by atoms with Gasteiger partial charge in [0.2, 0.25) is 0 Å². The molecule has 0 unspecified atom stereocenters. The van der Waals surface area contributed by atoms with E-state index in [4.69, 9.17) is 11.6 Å². The molecule has 0 saturated heterocycles. The van der Waals surface area contributed by atoms with Gasteiger partial charge in [-0.25, -0.2) is 0 Å². The fourth-order valence-corrected chi connectivity index (χ4v) is 1.49. The molecule has 0 saturated carbocycles. The second-order valence-electron chi connectivity index (χ2n) is 3.06. The molecule has 1 aromatic rings. The second-order valence-corrected chi connectivity index (χ2v) is 3.43. The molecule has 0 amide bonds. The third-order valence-electron chi connectivity index (χ3n) is 1.95. The number of nitrogens with one attached hydrogen (secondary N) is 1. The van der Waals surface area contributed by atoms with Crippen LogP contribution < -0.4 is 5.32 Å². The van der Waals surface area contributed by atoms with Gasteiger partial charge in [0.25, 0.3) is 0 Å². The predicted octanol–water partition coefficient (Wildman–Crippen LogP) is 3.47. The van der Waals surface area contributed by atoms with Crippen LogP contribution >= 0.6 is 11.6 Å². The molecule has 5 heteroatoms. The minimum atomic E-state index is -4.39. The Morgan fingerprint density at radius 3 is 2.53 bits per heavy atom. The van der Waals surface area contributed by atoms with Crippen molar-refractivity contribution in [3.8, 4) is 0 Å². The van der Waals surface area contributed by atoms with Gasteiger partial charge in [-0.05, 0) is 18.2 Å². The highest BCUT2D eigenvalue weighted by atomic mass is 35.5. The van der Waals surface area contributed by atoms with Crippen LogP contribution in [-0.4, -0.2) is 6.54 Å². The first-order valence-electron chi connectivity index (χ1n) is 4.52. The van der Waals surface area contributed by atoms with Gasteiger partial charge in [-0.15, -0.1) is 0 Å². The monoisotopic (exact) mass is 237 g/mol. The first-order chi connectivity index (χ1) is 6.96. The third kappa shape index (κ3) is 3.11. The van der Waals surface area contributed by atoms with Crippen LogP contribution in [0.1, 0.15) is 18.1 Å². The van der Waals surface area contributed by atoms with Crippen LogP contribution in [0.15, 0.2) is 18.2 Å². The smallest absolute Gasteiger partial charge is 0.313 e. The fourth-order valence-electron chi connectivity index (χ4n) is 1.19. The van der Waals surface area contributed by atoms with Crippen LogP contribution in [0.4, 0.5) is 13.2 Å². The van der Waals surface area contributed by atoms with E-state index in [1.54, 1.807) is 6.07 Å². The van der Waals surface area contributed by atoms with Crippen LogP contribution in [0.5, 0.6) is 0 Å². The van der Waals surface area contributed by atoms with Crippen molar-refractivity contribution >= 4 is 11.6 Å². The van der Waals surface area contributed by atoms with Crippen LogP contribution in [-0.2, 0) is 12.7 Å². The zero-order valence-corrected chi connectivity index (χ0v) is 8.91. The average Bonchev–Trinajstić information content (AvgIpc) is 2.14. The average molecular weight is 238 g/mol. The Kier molecular flexibility index (Phi) is 3.99. The van der Waals surface area contributed by atoms with Crippen molar-refractivity contribution in [2.45, 2.75) is 19.6 Å². The van der Waals surface area contributed by atoms with Crippen molar-refractivity contribution in [3.05, 3.63) is 34.3 Å². The summed E-state index contributed by atoms with van der Waals surface area (Å²) in [6.45, 7) is 2.91. The predicted molar refractivity (Wildman–Crippen MR) is 53.8 cm³/mol. The van der Waals surface area contributed by atoms with Gasteiger partial charge in [0.1, 0.15) is 0 Å². The second kappa shape index (κ2) is 4.86. The molecule has 1 nitrogen and oxygen atoms in total. The van der Waals surface area contributed by atoms with E-state index in [0.717, 1.165) is 6.07 Å². The Bertz CT molecular complexity index is 336. The quantitative estimate of drug-likeness (QED) is 0.849. The molecule has 1 aromatic carbocycles. The van der Waals surface area contributed by atoms with Crippen molar-refractivity contribution in [2.75, 3.05) is 6.54 Å². The summed E-state index contributed by atoms with van der Waals surface area (Å²) < 4.78 is 37.3. The SMILES string of the molecule is CCNCc1cccc(C(F)(F)F)c1Cl. The highest BCUT2D eigenvalue weighted by Crippen LogP contribution is 2.36. The molecule has 0 bridgehead atoms. The number of rotatable bonds is 3. The Morgan fingerprint density at radius 2 is 2.00 bits per heavy atom. The minimum absolute atomic E-state index is 0.217. The van der Waals surface area contributed by atoms with Gasteiger partial charge in [0.05, 0.1) is 10.6 Å². The first-order valence-corrected chi connectivity index (χ1v) is 4.90. The lowest BCUT2D eigenvalue weighted by Crippen LogP contribution is -2.14. The van der Waals surface area contributed by atoms with E-state index in [1.165, 1.54) is 6.07 Å². The maximum atomic E-state index is 12.4. The molecular formula is C10H11ClF3N. The topological polar surface area (TPSA) is 12.0 Å². The van der Waals surface area contributed by atoms with E-state index in [9.17, 15) is 13.2 Å². The van der Waals surface area contributed by atoms with Gasteiger partial charge >= 0.3 is 6.18 Å². The molecule has 0 aliphatic heterocycles. The van der Waals surface area contributed by atoms with Crippen LogP contribution in [0.25, 0.3) is 0 Å². The summed E-state index contributed by atoms with van der Waals surface area (Å²) in [5.41, 5.74) is -0.312. The lowest BCUT2D eigenvalue weighted by atomic mass is 10.1. The molecule has 15 heavy (non-hydrogen) atoms. The summed E-state index contributed by atoms with van der Waals surface area (Å²) in [7, 11) is 0. The van der Waals surface area contributed by atoms with Crippen molar-refractivity contribution < 1.29 is 13.2 Å². The van der Waals surface area contributed by atoms with Gasteiger partial charge in [-0.2, -0.15) is 13.2 Å². The molecule has 0 aromatic heterocycles. The molecule has 1 rings (SSSR count). The summed E-state index contributed by atoms with van der Waals surface area (Å²) >= 11 is 5.67. The number of alkyl halides is 3. The summed E-state index contributed by atoms with van der Waals surface area (Å²) in [6.07, 6.45) is -4.39. The highest BCUT2D eigenvalue weighted by molar-refractivity contribution is 6.32. The van der Waals surface area contributed by atoms with Gasteiger partial charge < -0.3 is 5.32 Å². The Balaban J connectivity index is 3.01. The Hall–Kier alpha value is -0.740. The van der Waals surface area contributed by atoms with E-state index in [0.29, 0.717) is 18.7 Å². The van der Waals surface area contributed by atoms with E-state index >= 15 is 0 Å². The molecule has 0 heterocycles. The van der Waals surface area contributed by atoms with Gasteiger partial charge in [-0.3, -0.25) is 0 Å². The summed E-state index contributed by atoms with van der Waals surface area (Å²) in [5.74, 6) is 0. The normalized spacial score (nSPS) is 11.8. The van der Waals surface area contributed by atoms with Crippen molar-refractivity contribution in [1.29, 1.82) is 0 Å². The fraction of sp³-hybridized carbons (Fsp3) is 0.400. The van der Waals surface area contributed by atoms with Gasteiger partial charge in [0, 0.05) is 6.54 Å². The van der Waals surface area contributed by atoms with E-state index in [-0.39, 0.29) is 5.02 Å². The minimum Gasteiger partial charge on any atom is -0.313 e. The molecular weight excluding hydrogens is 227 g/mol. The Labute approximate surface area is 91.2 Å². The van der Waals surface area contributed by atoms with E-state index in [2.05, 4.69) is 5.32 Å². The molecule has 84 valence electrons. The molecule has 0 fully saturated rings. The number of halogens is 4. The zero-order valence-electron chi connectivity index (χ0n) is 8.16. The Morgan fingerprint density at radius 1 is 1.33 bits per heavy atom. The summed E-state index contributed by atoms with van der Waals surface area (Å²) in [6, 6.07) is 3.93. The van der Waals surface area contributed by atoms with Gasteiger partial charge in [-0.1, -0.05) is 30.7 Å². The van der Waals surface area contributed by atoms with E-state index < -0.39 is 11.7 Å². The van der Waals surface area contributed by atoms with Crippen molar-refractivity contribution in [3.63, 3.8) is 0 Å². The van der Waals surface area contributed by atoms with Crippen LogP contribution in [0.2, 0.25) is 5.02 Å². The molecule has 0 atom stereocenters. The standard InChI is InChI=1S/C10H11ClF3N/c1-2-15-6-7-4-3-5-8(9(7)11)10(12,13)14/h3-5,15H,2,6H2,1H3. The number of hydrogen-bond donors (Lipinski definition) is 1. The third-order valence-corrected chi connectivity index (χ3v) is 2.40. The summed E-state index contributed by atoms with van der Waals surface area (Å²) in [5, 5.41) is 2.72. The van der Waals surface area contributed by atoms with Crippen LogP contribution in [0.3, 0.4) is 0 Å². The molecule has 1 N–H and O–H groups in total. The van der Waals surface area contributed by atoms with E-state index in [1.807, 2.05) is 6.92 Å². The molecule has 0 aliphatic carbocycles. The zero-order chi connectivity index (χ0) is 11.5. The molecule has 0 aliphatic rings. The lowest BCUT2D eigenvalue weighted by molar-refractivity contribution is -0.137. The summed E-state index contributed by atoms with van der Waals surface area (Å²) in [4.78, 5) is 0.